The molecular formula is C18H30N2O. The van der Waals surface area contributed by atoms with Crippen LogP contribution in [0.2, 0.25) is 0 Å². The fourth-order valence-corrected chi connectivity index (χ4v) is 2.80. The molecule has 118 valence electrons. The molecule has 0 bridgehead atoms. The number of anilines is 1. The summed E-state index contributed by atoms with van der Waals surface area (Å²) in [4.78, 5) is 14.5. The topological polar surface area (TPSA) is 32.3 Å². The zero-order valence-electron chi connectivity index (χ0n) is 14.2. The Hall–Kier alpha value is -1.35. The highest BCUT2D eigenvalue weighted by Crippen LogP contribution is 2.20. The Morgan fingerprint density at radius 2 is 1.76 bits per heavy atom. The van der Waals surface area contributed by atoms with E-state index in [2.05, 4.69) is 31.0 Å². The van der Waals surface area contributed by atoms with Crippen LogP contribution in [0.4, 0.5) is 5.69 Å². The molecule has 0 aliphatic heterocycles. The summed E-state index contributed by atoms with van der Waals surface area (Å²) in [5.41, 5.74) is 3.22. The fraction of sp³-hybridized carbons (Fsp3) is 0.611. The first-order valence-electron chi connectivity index (χ1n) is 8.09. The van der Waals surface area contributed by atoms with Crippen LogP contribution in [0.15, 0.2) is 18.2 Å². The first-order valence-corrected chi connectivity index (χ1v) is 8.09. The summed E-state index contributed by atoms with van der Waals surface area (Å²) in [5.74, 6) is 0.124. The summed E-state index contributed by atoms with van der Waals surface area (Å²) >= 11 is 0. The largest absolute Gasteiger partial charge is 0.326 e. The molecule has 1 aromatic rings. The lowest BCUT2D eigenvalue weighted by atomic mass is 10.1. The van der Waals surface area contributed by atoms with Gasteiger partial charge in [-0.2, -0.15) is 0 Å². The standard InChI is InChI=1S/C18H30N2O/c1-6-20(7-2)16(5)12-9-13-17(21)19-18-14(3)10-8-11-15(18)4/h8,10-11,16H,6-7,9,12-13H2,1-5H3,(H,19,21)/t16-/m0/s1. The molecule has 1 aromatic carbocycles. The number of para-hydroxylation sites is 1. The molecular weight excluding hydrogens is 260 g/mol. The van der Waals surface area contributed by atoms with Gasteiger partial charge in [0.2, 0.25) is 5.91 Å². The Bertz CT molecular complexity index is 432. The summed E-state index contributed by atoms with van der Waals surface area (Å²) in [5, 5.41) is 3.06. The number of nitrogens with one attached hydrogen (secondary N) is 1. The summed E-state index contributed by atoms with van der Waals surface area (Å²) in [7, 11) is 0. The van der Waals surface area contributed by atoms with Crippen LogP contribution in [0.1, 0.15) is 51.2 Å². The molecule has 1 N–H and O–H groups in total. The second-order valence-corrected chi connectivity index (χ2v) is 5.78. The van der Waals surface area contributed by atoms with Gasteiger partial charge in [-0.15, -0.1) is 0 Å². The van der Waals surface area contributed by atoms with Gasteiger partial charge >= 0.3 is 0 Å². The zero-order chi connectivity index (χ0) is 15.8. The van der Waals surface area contributed by atoms with E-state index in [0.717, 1.165) is 42.7 Å². The minimum absolute atomic E-state index is 0.124. The molecule has 21 heavy (non-hydrogen) atoms. The number of rotatable bonds is 8. The Kier molecular flexibility index (Phi) is 7.44. The summed E-state index contributed by atoms with van der Waals surface area (Å²) in [6.07, 6.45) is 2.61. The predicted octanol–water partition coefficient (Wildman–Crippen LogP) is 4.14. The molecule has 0 aromatic heterocycles. The van der Waals surface area contributed by atoms with Gasteiger partial charge in [0, 0.05) is 18.2 Å². The molecule has 0 saturated heterocycles. The van der Waals surface area contributed by atoms with E-state index in [0.29, 0.717) is 12.5 Å². The van der Waals surface area contributed by atoms with E-state index in [9.17, 15) is 4.79 Å². The SMILES string of the molecule is CCN(CC)[C@@H](C)CCCC(=O)Nc1c(C)cccc1C. The van der Waals surface area contributed by atoms with Gasteiger partial charge < -0.3 is 10.2 Å². The molecule has 1 rings (SSSR count). The number of hydrogen-bond donors (Lipinski definition) is 1. The molecule has 0 fully saturated rings. The van der Waals surface area contributed by atoms with Crippen molar-refractivity contribution in [2.45, 2.75) is 59.9 Å². The third-order valence-electron chi connectivity index (χ3n) is 4.21. The van der Waals surface area contributed by atoms with E-state index in [1.165, 1.54) is 0 Å². The molecule has 0 aliphatic rings. The second kappa shape index (κ2) is 8.83. The van der Waals surface area contributed by atoms with Gasteiger partial charge in [-0.05, 0) is 57.8 Å². The highest BCUT2D eigenvalue weighted by molar-refractivity contribution is 5.92. The van der Waals surface area contributed by atoms with Crippen molar-refractivity contribution in [3.05, 3.63) is 29.3 Å². The lowest BCUT2D eigenvalue weighted by Crippen LogP contribution is -2.32. The normalized spacial score (nSPS) is 12.5. The first kappa shape index (κ1) is 17.7. The van der Waals surface area contributed by atoms with E-state index >= 15 is 0 Å². The van der Waals surface area contributed by atoms with Crippen LogP contribution >= 0.6 is 0 Å². The Morgan fingerprint density at radius 1 is 1.19 bits per heavy atom. The van der Waals surface area contributed by atoms with Crippen LogP contribution in [-0.2, 0) is 4.79 Å². The Morgan fingerprint density at radius 3 is 2.29 bits per heavy atom. The number of hydrogen-bond acceptors (Lipinski definition) is 2. The molecule has 0 aliphatic carbocycles. The van der Waals surface area contributed by atoms with E-state index in [4.69, 9.17) is 0 Å². The smallest absolute Gasteiger partial charge is 0.224 e. The number of carbonyl (C=O) groups excluding carboxylic acids is 1. The lowest BCUT2D eigenvalue weighted by molar-refractivity contribution is -0.116. The van der Waals surface area contributed by atoms with Crippen molar-refractivity contribution in [3.63, 3.8) is 0 Å². The van der Waals surface area contributed by atoms with Crippen LogP contribution in [0, 0.1) is 13.8 Å². The molecule has 1 atom stereocenters. The van der Waals surface area contributed by atoms with Gasteiger partial charge in [0.15, 0.2) is 0 Å². The van der Waals surface area contributed by atoms with Crippen LogP contribution in [-0.4, -0.2) is 29.9 Å². The highest BCUT2D eigenvalue weighted by Gasteiger charge is 2.11. The fourth-order valence-electron chi connectivity index (χ4n) is 2.80. The van der Waals surface area contributed by atoms with Crippen LogP contribution in [0.25, 0.3) is 0 Å². The van der Waals surface area contributed by atoms with Crippen LogP contribution < -0.4 is 5.32 Å². The second-order valence-electron chi connectivity index (χ2n) is 5.78. The summed E-state index contributed by atoms with van der Waals surface area (Å²) in [6.45, 7) is 12.8. The van der Waals surface area contributed by atoms with Crippen LogP contribution in [0.5, 0.6) is 0 Å². The third kappa shape index (κ3) is 5.50. The van der Waals surface area contributed by atoms with Crippen molar-refractivity contribution < 1.29 is 4.79 Å². The number of amides is 1. The molecule has 1 amide bonds. The van der Waals surface area contributed by atoms with Crippen molar-refractivity contribution in [3.8, 4) is 0 Å². The molecule has 0 unspecified atom stereocenters. The maximum atomic E-state index is 12.1. The molecule has 0 heterocycles. The zero-order valence-corrected chi connectivity index (χ0v) is 14.2. The third-order valence-corrected chi connectivity index (χ3v) is 4.21. The first-order chi connectivity index (χ1) is 9.99. The molecule has 3 heteroatoms. The molecule has 0 spiro atoms. The summed E-state index contributed by atoms with van der Waals surface area (Å²) in [6, 6.07) is 6.63. The van der Waals surface area contributed by atoms with Gasteiger partial charge in [-0.1, -0.05) is 32.0 Å². The van der Waals surface area contributed by atoms with Gasteiger partial charge in [0.05, 0.1) is 0 Å². The maximum absolute atomic E-state index is 12.1. The number of benzene rings is 1. The lowest BCUT2D eigenvalue weighted by Gasteiger charge is -2.26. The van der Waals surface area contributed by atoms with Crippen molar-refractivity contribution in [2.75, 3.05) is 18.4 Å². The number of carbonyl (C=O) groups is 1. The van der Waals surface area contributed by atoms with Crippen molar-refractivity contribution in [1.82, 2.24) is 4.90 Å². The minimum atomic E-state index is 0.124. The van der Waals surface area contributed by atoms with Gasteiger partial charge in [0.1, 0.15) is 0 Å². The van der Waals surface area contributed by atoms with E-state index in [-0.39, 0.29) is 5.91 Å². The number of aryl methyl sites for hydroxylation is 2. The van der Waals surface area contributed by atoms with Crippen molar-refractivity contribution in [1.29, 1.82) is 0 Å². The van der Waals surface area contributed by atoms with E-state index < -0.39 is 0 Å². The van der Waals surface area contributed by atoms with Crippen molar-refractivity contribution in [2.24, 2.45) is 0 Å². The van der Waals surface area contributed by atoms with Crippen LogP contribution in [0.3, 0.4) is 0 Å². The van der Waals surface area contributed by atoms with Gasteiger partial charge in [-0.25, -0.2) is 0 Å². The maximum Gasteiger partial charge on any atom is 0.224 e. The monoisotopic (exact) mass is 290 g/mol. The predicted molar refractivity (Wildman–Crippen MR) is 90.8 cm³/mol. The average Bonchev–Trinajstić information content (AvgIpc) is 2.44. The van der Waals surface area contributed by atoms with E-state index in [1.807, 2.05) is 32.0 Å². The summed E-state index contributed by atoms with van der Waals surface area (Å²) < 4.78 is 0. The van der Waals surface area contributed by atoms with Crippen molar-refractivity contribution >= 4 is 11.6 Å². The molecule has 3 nitrogen and oxygen atoms in total. The molecule has 0 saturated carbocycles. The van der Waals surface area contributed by atoms with Gasteiger partial charge in [-0.3, -0.25) is 4.79 Å². The molecule has 0 radical (unpaired) electrons. The number of nitrogens with zero attached hydrogens (tertiary/aromatic N) is 1. The quantitative estimate of drug-likeness (QED) is 0.780. The van der Waals surface area contributed by atoms with E-state index in [1.54, 1.807) is 0 Å². The highest BCUT2D eigenvalue weighted by atomic mass is 16.1. The van der Waals surface area contributed by atoms with Gasteiger partial charge in [0.25, 0.3) is 0 Å². The average molecular weight is 290 g/mol. The minimum Gasteiger partial charge on any atom is -0.326 e. The Labute approximate surface area is 129 Å². The Balaban J connectivity index is 2.41.